The molecule has 0 spiro atoms. The number of benzene rings is 2. The van der Waals surface area contributed by atoms with Crippen molar-refractivity contribution < 1.29 is 23.0 Å². The summed E-state index contributed by atoms with van der Waals surface area (Å²) in [4.78, 5) is 0. The molecule has 0 saturated carbocycles. The van der Waals surface area contributed by atoms with E-state index < -0.39 is 11.6 Å². The number of hydrogen-bond acceptors (Lipinski definition) is 4. The molecule has 2 aromatic rings. The Labute approximate surface area is 113 Å². The molecule has 2 N–H and O–H groups in total. The predicted octanol–water partition coefficient (Wildman–Crippen LogP) is 3.11. The number of fused-ring (bicyclic) bond motifs is 1. The monoisotopic (exact) mass is 279 g/mol. The van der Waals surface area contributed by atoms with Crippen LogP contribution in [0.15, 0.2) is 30.3 Å². The minimum absolute atomic E-state index is 0.146. The van der Waals surface area contributed by atoms with Crippen molar-refractivity contribution in [3.8, 4) is 23.0 Å². The maximum Gasteiger partial charge on any atom is 0.165 e. The van der Waals surface area contributed by atoms with E-state index >= 15 is 0 Å². The first kappa shape index (κ1) is 12.5. The van der Waals surface area contributed by atoms with Crippen molar-refractivity contribution in [1.29, 1.82) is 0 Å². The Hall–Kier alpha value is -2.50. The maximum absolute atomic E-state index is 13.1. The van der Waals surface area contributed by atoms with Crippen molar-refractivity contribution >= 4 is 5.69 Å². The summed E-state index contributed by atoms with van der Waals surface area (Å²) in [6.45, 7) is 0.886. The second-order valence-corrected chi connectivity index (χ2v) is 4.21. The van der Waals surface area contributed by atoms with Crippen LogP contribution in [0.25, 0.3) is 0 Å². The van der Waals surface area contributed by atoms with Gasteiger partial charge in [0, 0.05) is 18.2 Å². The molecule has 0 aliphatic carbocycles. The topological polar surface area (TPSA) is 53.7 Å². The van der Waals surface area contributed by atoms with Gasteiger partial charge >= 0.3 is 0 Å². The van der Waals surface area contributed by atoms with Gasteiger partial charge in [0.2, 0.25) is 0 Å². The molecule has 20 heavy (non-hydrogen) atoms. The minimum atomic E-state index is -0.987. The lowest BCUT2D eigenvalue weighted by atomic mass is 10.2. The van der Waals surface area contributed by atoms with Crippen LogP contribution in [-0.4, -0.2) is 13.2 Å². The summed E-state index contributed by atoms with van der Waals surface area (Å²) in [6, 6.07) is 6.38. The summed E-state index contributed by atoms with van der Waals surface area (Å²) in [7, 11) is 0. The quantitative estimate of drug-likeness (QED) is 0.858. The van der Waals surface area contributed by atoms with E-state index in [-0.39, 0.29) is 5.75 Å². The van der Waals surface area contributed by atoms with Gasteiger partial charge in [0.05, 0.1) is 5.69 Å². The fraction of sp³-hybridized carbons (Fsp3) is 0.143. The summed E-state index contributed by atoms with van der Waals surface area (Å²) >= 11 is 0. The van der Waals surface area contributed by atoms with E-state index in [1.165, 1.54) is 6.07 Å². The SMILES string of the molecule is Nc1cc2c(cc1Oc1ccc(F)c(F)c1)OCCO2. The Morgan fingerprint density at radius 2 is 1.65 bits per heavy atom. The molecule has 1 aliphatic heterocycles. The van der Waals surface area contributed by atoms with E-state index in [0.29, 0.717) is 36.1 Å². The van der Waals surface area contributed by atoms with Crippen molar-refractivity contribution in [2.24, 2.45) is 0 Å². The number of nitrogen functional groups attached to an aromatic ring is 1. The fourth-order valence-electron chi connectivity index (χ4n) is 1.84. The zero-order valence-corrected chi connectivity index (χ0v) is 10.4. The summed E-state index contributed by atoms with van der Waals surface area (Å²) < 4.78 is 42.2. The molecule has 0 fully saturated rings. The molecule has 6 heteroatoms. The van der Waals surface area contributed by atoms with Gasteiger partial charge in [-0.1, -0.05) is 0 Å². The van der Waals surface area contributed by atoms with E-state index in [4.69, 9.17) is 19.9 Å². The molecule has 104 valence electrons. The second-order valence-electron chi connectivity index (χ2n) is 4.21. The van der Waals surface area contributed by atoms with Crippen LogP contribution >= 0.6 is 0 Å². The van der Waals surface area contributed by atoms with Crippen LogP contribution in [-0.2, 0) is 0 Å². The molecular weight excluding hydrogens is 268 g/mol. The van der Waals surface area contributed by atoms with E-state index in [9.17, 15) is 8.78 Å². The van der Waals surface area contributed by atoms with Crippen LogP contribution in [0.1, 0.15) is 0 Å². The number of halogens is 2. The van der Waals surface area contributed by atoms with Gasteiger partial charge < -0.3 is 19.9 Å². The van der Waals surface area contributed by atoms with Crippen LogP contribution in [0.3, 0.4) is 0 Å². The number of anilines is 1. The normalized spacial score (nSPS) is 13.1. The summed E-state index contributed by atoms with van der Waals surface area (Å²) in [5, 5.41) is 0. The van der Waals surface area contributed by atoms with Crippen molar-refractivity contribution in [2.75, 3.05) is 18.9 Å². The summed E-state index contributed by atoms with van der Waals surface area (Å²) in [5.74, 6) is -0.451. The molecule has 4 nitrogen and oxygen atoms in total. The number of hydrogen-bond donors (Lipinski definition) is 1. The van der Waals surface area contributed by atoms with Gasteiger partial charge in [-0.3, -0.25) is 0 Å². The molecule has 0 saturated heterocycles. The van der Waals surface area contributed by atoms with Crippen LogP contribution in [0.4, 0.5) is 14.5 Å². The Morgan fingerprint density at radius 3 is 2.35 bits per heavy atom. The molecule has 0 amide bonds. The van der Waals surface area contributed by atoms with Crippen LogP contribution in [0.2, 0.25) is 0 Å². The molecule has 0 unspecified atom stereocenters. The Bertz CT molecular complexity index is 661. The number of nitrogens with two attached hydrogens (primary N) is 1. The van der Waals surface area contributed by atoms with Crippen molar-refractivity contribution in [2.45, 2.75) is 0 Å². The highest BCUT2D eigenvalue weighted by atomic mass is 19.2. The molecule has 2 aromatic carbocycles. The summed E-state index contributed by atoms with van der Waals surface area (Å²) in [6.07, 6.45) is 0. The first-order chi connectivity index (χ1) is 9.63. The Balaban J connectivity index is 1.92. The molecule has 3 rings (SSSR count). The van der Waals surface area contributed by atoms with Crippen LogP contribution in [0, 0.1) is 11.6 Å². The van der Waals surface area contributed by atoms with E-state index in [1.807, 2.05) is 0 Å². The predicted molar refractivity (Wildman–Crippen MR) is 68.3 cm³/mol. The highest BCUT2D eigenvalue weighted by Gasteiger charge is 2.16. The molecule has 0 radical (unpaired) electrons. The lowest BCUT2D eigenvalue weighted by Crippen LogP contribution is -2.15. The van der Waals surface area contributed by atoms with E-state index in [2.05, 4.69) is 0 Å². The maximum atomic E-state index is 13.1. The first-order valence-corrected chi connectivity index (χ1v) is 5.95. The average molecular weight is 279 g/mol. The lowest BCUT2D eigenvalue weighted by molar-refractivity contribution is 0.171. The fourth-order valence-corrected chi connectivity index (χ4v) is 1.84. The zero-order chi connectivity index (χ0) is 14.1. The largest absolute Gasteiger partial charge is 0.486 e. The zero-order valence-electron chi connectivity index (χ0n) is 10.4. The van der Waals surface area contributed by atoms with Gasteiger partial charge in [-0.25, -0.2) is 8.78 Å². The minimum Gasteiger partial charge on any atom is -0.486 e. The molecule has 1 aliphatic rings. The average Bonchev–Trinajstić information content (AvgIpc) is 2.44. The van der Waals surface area contributed by atoms with E-state index in [0.717, 1.165) is 12.1 Å². The third-order valence-electron chi connectivity index (χ3n) is 2.79. The van der Waals surface area contributed by atoms with Gasteiger partial charge in [-0.15, -0.1) is 0 Å². The van der Waals surface area contributed by atoms with E-state index in [1.54, 1.807) is 12.1 Å². The molecule has 1 heterocycles. The van der Waals surface area contributed by atoms with Gasteiger partial charge in [-0.2, -0.15) is 0 Å². The summed E-state index contributed by atoms with van der Waals surface area (Å²) in [5.41, 5.74) is 6.15. The van der Waals surface area contributed by atoms with Crippen LogP contribution < -0.4 is 19.9 Å². The Kier molecular flexibility index (Phi) is 3.06. The van der Waals surface area contributed by atoms with Gasteiger partial charge in [-0.05, 0) is 12.1 Å². The second kappa shape index (κ2) is 4.88. The van der Waals surface area contributed by atoms with Crippen LogP contribution in [0.5, 0.6) is 23.0 Å². The lowest BCUT2D eigenvalue weighted by Gasteiger charge is -2.20. The van der Waals surface area contributed by atoms with Gasteiger partial charge in [0.1, 0.15) is 19.0 Å². The van der Waals surface area contributed by atoms with Gasteiger partial charge in [0.15, 0.2) is 28.9 Å². The van der Waals surface area contributed by atoms with Gasteiger partial charge in [0.25, 0.3) is 0 Å². The smallest absolute Gasteiger partial charge is 0.165 e. The highest BCUT2D eigenvalue weighted by Crippen LogP contribution is 2.40. The third-order valence-corrected chi connectivity index (χ3v) is 2.79. The van der Waals surface area contributed by atoms with Crippen molar-refractivity contribution in [3.05, 3.63) is 42.0 Å². The molecular formula is C14H11F2NO3. The molecule has 0 atom stereocenters. The molecule has 0 aromatic heterocycles. The number of rotatable bonds is 2. The van der Waals surface area contributed by atoms with Crippen molar-refractivity contribution in [1.82, 2.24) is 0 Å². The number of ether oxygens (including phenoxy) is 3. The first-order valence-electron chi connectivity index (χ1n) is 5.95. The molecule has 0 bridgehead atoms. The third kappa shape index (κ3) is 2.32. The van der Waals surface area contributed by atoms with Crippen molar-refractivity contribution in [3.63, 3.8) is 0 Å². The Morgan fingerprint density at radius 1 is 0.950 bits per heavy atom. The standard InChI is InChI=1S/C14H11F2NO3/c15-9-2-1-8(5-10(9)16)20-12-7-14-13(6-11(12)17)18-3-4-19-14/h1-2,5-7H,3-4,17H2. The highest BCUT2D eigenvalue weighted by molar-refractivity contribution is 5.63.